The van der Waals surface area contributed by atoms with Gasteiger partial charge < -0.3 is 24.8 Å². The Labute approximate surface area is 509 Å². The summed E-state index contributed by atoms with van der Waals surface area (Å²) in [6.45, 7) is 51.8. The van der Waals surface area contributed by atoms with Crippen molar-refractivity contribution < 1.29 is 4.74 Å². The van der Waals surface area contributed by atoms with Crippen molar-refractivity contribution in [1.29, 1.82) is 0 Å². The van der Waals surface area contributed by atoms with Crippen LogP contribution in [0.4, 0.5) is 17.5 Å². The lowest BCUT2D eigenvalue weighted by atomic mass is 10.1. The van der Waals surface area contributed by atoms with Crippen LogP contribution in [0, 0.1) is 20.8 Å². The highest BCUT2D eigenvalue weighted by Gasteiger charge is 2.19. The number of morpholine rings is 1. The summed E-state index contributed by atoms with van der Waals surface area (Å²) >= 11 is 0. The van der Waals surface area contributed by atoms with Gasteiger partial charge in [0.25, 0.3) is 0 Å². The summed E-state index contributed by atoms with van der Waals surface area (Å²) in [6, 6.07) is 31.0. The quantitative estimate of drug-likeness (QED) is 0.171. The molecule has 462 valence electrons. The summed E-state index contributed by atoms with van der Waals surface area (Å²) in [5.74, 6) is 3.14. The molecule has 9 aromatic heterocycles. The SMILES string of the molecule is CC.CC.CC.CC.CC.CC.CC.CC.CC.Cc1nc2ccccn2c1-c1ccnc(N2CCCCC2)c1.Cc1nc2ccccn2c1-c1ccnc(N2CCNCC2)c1.Cc1nc2ccccn2c1-c1ccnc(N2CCOCC2)c1. The van der Waals surface area contributed by atoms with E-state index in [4.69, 9.17) is 4.74 Å². The third kappa shape index (κ3) is 20.9. The molecule has 0 saturated carbocycles. The summed E-state index contributed by atoms with van der Waals surface area (Å²) < 4.78 is 11.9. The van der Waals surface area contributed by atoms with E-state index < -0.39 is 0 Å². The highest BCUT2D eigenvalue weighted by atomic mass is 16.5. The normalized spacial score (nSPS) is 12.8. The van der Waals surface area contributed by atoms with Gasteiger partial charge in [0.15, 0.2) is 0 Å². The molecule has 0 aliphatic carbocycles. The van der Waals surface area contributed by atoms with E-state index in [2.05, 4.69) is 133 Å². The van der Waals surface area contributed by atoms with Crippen LogP contribution in [0.2, 0.25) is 0 Å². The molecule has 3 fully saturated rings. The number of nitrogens with zero attached hydrogens (tertiary/aromatic N) is 12. The zero-order valence-corrected chi connectivity index (χ0v) is 56.1. The first-order valence-corrected chi connectivity index (χ1v) is 32.2. The van der Waals surface area contributed by atoms with Gasteiger partial charge in [-0.05, 0) is 113 Å². The molecule has 0 spiro atoms. The van der Waals surface area contributed by atoms with Crippen LogP contribution in [0.15, 0.2) is 128 Å². The molecular weight excluding hydrogens is 1040 g/mol. The molecule has 84 heavy (non-hydrogen) atoms. The maximum atomic E-state index is 5.42. The molecular formula is C70H111N13O. The number of pyridine rings is 6. The van der Waals surface area contributed by atoms with Crippen molar-refractivity contribution in [3.63, 3.8) is 0 Å². The summed E-state index contributed by atoms with van der Waals surface area (Å²) in [6.07, 6.45) is 15.8. The summed E-state index contributed by atoms with van der Waals surface area (Å²) in [7, 11) is 0. The van der Waals surface area contributed by atoms with Gasteiger partial charge in [-0.3, -0.25) is 13.2 Å². The Morgan fingerprint density at radius 3 is 0.976 bits per heavy atom. The average Bonchev–Trinajstić information content (AvgIpc) is 4.29. The van der Waals surface area contributed by atoms with E-state index in [9.17, 15) is 0 Å². The van der Waals surface area contributed by atoms with Gasteiger partial charge in [-0.2, -0.15) is 0 Å². The van der Waals surface area contributed by atoms with Crippen molar-refractivity contribution in [1.82, 2.24) is 48.4 Å². The number of hydrogen-bond acceptors (Lipinski definition) is 11. The van der Waals surface area contributed by atoms with Crippen molar-refractivity contribution in [2.75, 3.05) is 80.3 Å². The van der Waals surface area contributed by atoms with Crippen LogP contribution < -0.4 is 20.0 Å². The molecule has 0 bridgehead atoms. The number of rotatable bonds is 6. The van der Waals surface area contributed by atoms with Gasteiger partial charge in [0.1, 0.15) is 34.4 Å². The molecule has 3 aliphatic rings. The predicted octanol–water partition coefficient (Wildman–Crippen LogP) is 17.6. The zero-order chi connectivity index (χ0) is 62.8. The molecule has 0 amide bonds. The molecule has 1 N–H and O–H groups in total. The smallest absolute Gasteiger partial charge is 0.137 e. The zero-order valence-electron chi connectivity index (χ0n) is 56.1. The Balaban J connectivity index is 0.000000554. The van der Waals surface area contributed by atoms with Crippen LogP contribution in [-0.2, 0) is 4.74 Å². The maximum Gasteiger partial charge on any atom is 0.137 e. The summed E-state index contributed by atoms with van der Waals surface area (Å²) in [5.41, 5.74) is 13.0. The Hall–Kier alpha value is -7.16. The minimum absolute atomic E-state index is 0.764. The number of aryl methyl sites for hydroxylation is 3. The van der Waals surface area contributed by atoms with E-state index in [0.29, 0.717) is 0 Å². The first-order valence-electron chi connectivity index (χ1n) is 32.2. The van der Waals surface area contributed by atoms with E-state index in [-0.39, 0.29) is 0 Å². The molecule has 3 saturated heterocycles. The van der Waals surface area contributed by atoms with Gasteiger partial charge >= 0.3 is 0 Å². The van der Waals surface area contributed by atoms with E-state index in [1.807, 2.05) is 204 Å². The fraction of sp³-hybridized carbons (Fsp3) is 0.486. The largest absolute Gasteiger partial charge is 0.378 e. The molecule has 0 aromatic carbocycles. The maximum absolute atomic E-state index is 5.42. The topological polar surface area (TPSA) is 122 Å². The van der Waals surface area contributed by atoms with Crippen LogP contribution >= 0.6 is 0 Å². The van der Waals surface area contributed by atoms with Crippen molar-refractivity contribution >= 4 is 34.4 Å². The Kier molecular flexibility index (Phi) is 39.5. The number of piperidine rings is 1. The van der Waals surface area contributed by atoms with Gasteiger partial charge in [0, 0.05) is 106 Å². The number of anilines is 3. The van der Waals surface area contributed by atoms with Gasteiger partial charge in [-0.15, -0.1) is 0 Å². The molecule has 0 unspecified atom stereocenters. The molecule has 12 rings (SSSR count). The monoisotopic (exact) mass is 1150 g/mol. The number of nitrogens with one attached hydrogen (secondary N) is 1. The third-order valence-corrected chi connectivity index (χ3v) is 12.6. The molecule has 14 heteroatoms. The Morgan fingerprint density at radius 1 is 0.357 bits per heavy atom. The first-order chi connectivity index (χ1) is 41.5. The summed E-state index contributed by atoms with van der Waals surface area (Å²) in [4.78, 5) is 34.6. The van der Waals surface area contributed by atoms with Crippen molar-refractivity contribution in [2.24, 2.45) is 0 Å². The van der Waals surface area contributed by atoms with Crippen LogP contribution in [0.3, 0.4) is 0 Å². The molecule has 0 radical (unpaired) electrons. The van der Waals surface area contributed by atoms with Gasteiger partial charge in [-0.25, -0.2) is 29.9 Å². The average molecular weight is 1150 g/mol. The van der Waals surface area contributed by atoms with E-state index in [1.54, 1.807) is 0 Å². The molecule has 0 atom stereocenters. The highest BCUT2D eigenvalue weighted by Crippen LogP contribution is 2.30. The van der Waals surface area contributed by atoms with Crippen LogP contribution in [0.25, 0.3) is 50.7 Å². The number of aromatic nitrogens is 9. The van der Waals surface area contributed by atoms with Crippen molar-refractivity contribution in [3.05, 3.63) is 145 Å². The minimum atomic E-state index is 0.764. The minimum Gasteiger partial charge on any atom is -0.378 e. The fourth-order valence-electron chi connectivity index (χ4n) is 9.41. The number of piperazine rings is 1. The van der Waals surface area contributed by atoms with Gasteiger partial charge in [0.2, 0.25) is 0 Å². The lowest BCUT2D eigenvalue weighted by Gasteiger charge is -2.28. The first kappa shape index (κ1) is 74.9. The van der Waals surface area contributed by atoms with E-state index in [0.717, 1.165) is 140 Å². The standard InChI is InChI=1S/C18H20N4.C17H19N5.C17H18N4O.9C2H6/c1-14-18(22-12-6-3-7-16(22)20-14)15-8-9-19-17(13-15)21-10-4-2-5-11-21;1-13-17(22-9-3-2-4-15(22)20-13)14-5-6-19-16(12-14)21-10-7-18-8-11-21;1-13-17(21-7-3-2-4-15(21)19-13)14-5-6-18-16(12-14)20-8-10-22-11-9-20;9*1-2/h3,6-9,12-13H,2,4-5,10-11H2,1H3;2-6,9,12,18H,7-8,10-11H2,1H3;2-7,12H,8-11H2,1H3;9*1-2H3. The fourth-order valence-corrected chi connectivity index (χ4v) is 9.41. The van der Waals surface area contributed by atoms with E-state index in [1.165, 1.54) is 30.4 Å². The van der Waals surface area contributed by atoms with Crippen molar-refractivity contribution in [2.45, 2.75) is 165 Å². The van der Waals surface area contributed by atoms with Crippen LogP contribution in [0.1, 0.15) is 161 Å². The third-order valence-electron chi connectivity index (χ3n) is 12.6. The van der Waals surface area contributed by atoms with Crippen molar-refractivity contribution in [3.8, 4) is 33.8 Å². The number of fused-ring (bicyclic) bond motifs is 3. The van der Waals surface area contributed by atoms with E-state index >= 15 is 0 Å². The number of imidazole rings is 3. The van der Waals surface area contributed by atoms with Gasteiger partial charge in [-0.1, -0.05) is 143 Å². The Bertz CT molecular complexity index is 2740. The second kappa shape index (κ2) is 44.4. The highest BCUT2D eigenvalue weighted by molar-refractivity contribution is 5.72. The lowest BCUT2D eigenvalue weighted by molar-refractivity contribution is 0.122. The number of ether oxygens (including phenoxy) is 1. The molecule has 14 nitrogen and oxygen atoms in total. The second-order valence-electron chi connectivity index (χ2n) is 17.0. The van der Waals surface area contributed by atoms with Crippen LogP contribution in [-0.4, -0.2) is 109 Å². The lowest BCUT2D eigenvalue weighted by Crippen LogP contribution is -2.43. The molecule has 9 aromatic rings. The second-order valence-corrected chi connectivity index (χ2v) is 17.0. The van der Waals surface area contributed by atoms with Crippen LogP contribution in [0.5, 0.6) is 0 Å². The Morgan fingerprint density at radius 2 is 0.655 bits per heavy atom. The summed E-state index contributed by atoms with van der Waals surface area (Å²) in [5, 5.41) is 3.38. The number of hydrogen-bond donors (Lipinski definition) is 1. The molecule has 12 heterocycles. The predicted molar refractivity (Wildman–Crippen MR) is 366 cm³/mol. The van der Waals surface area contributed by atoms with Gasteiger partial charge in [0.05, 0.1) is 47.4 Å². The molecule has 3 aliphatic heterocycles.